The lowest BCUT2D eigenvalue weighted by molar-refractivity contribution is -0.111. The Kier molecular flexibility index (Phi) is 4.80. The molecule has 3 heteroatoms. The lowest BCUT2D eigenvalue weighted by atomic mass is 10.1. The van der Waals surface area contributed by atoms with Crippen LogP contribution in [0.5, 0.6) is 11.5 Å². The van der Waals surface area contributed by atoms with Crippen molar-refractivity contribution in [3.8, 4) is 11.5 Å². The summed E-state index contributed by atoms with van der Waals surface area (Å²) >= 11 is 0. The average molecular weight is 320 g/mol. The number of methoxy groups -OCH3 is 2. The van der Waals surface area contributed by atoms with Gasteiger partial charge in [-0.05, 0) is 37.1 Å². The molecule has 0 spiro atoms. The summed E-state index contributed by atoms with van der Waals surface area (Å²) in [5.41, 5.74) is 3.50. The zero-order valence-corrected chi connectivity index (χ0v) is 13.9. The average Bonchev–Trinajstić information content (AvgIpc) is 2.96. The van der Waals surface area contributed by atoms with Crippen LogP contribution in [0.4, 0.5) is 0 Å². The summed E-state index contributed by atoms with van der Waals surface area (Å²) < 4.78 is 10.7. The summed E-state index contributed by atoms with van der Waals surface area (Å²) in [6.07, 6.45) is 5.37. The number of para-hydroxylation sites is 2. The lowest BCUT2D eigenvalue weighted by Crippen LogP contribution is -1.97. The van der Waals surface area contributed by atoms with E-state index in [-0.39, 0.29) is 5.78 Å². The summed E-state index contributed by atoms with van der Waals surface area (Å²) in [5.74, 6) is 1.66. The van der Waals surface area contributed by atoms with Crippen molar-refractivity contribution in [3.63, 3.8) is 0 Å². The fourth-order valence-electron chi connectivity index (χ4n) is 2.92. The maximum absolute atomic E-state index is 12.7. The quantitative estimate of drug-likeness (QED) is 0.776. The molecule has 0 atom stereocenters. The van der Waals surface area contributed by atoms with Gasteiger partial charge in [0.2, 0.25) is 0 Å². The van der Waals surface area contributed by atoms with Gasteiger partial charge < -0.3 is 9.47 Å². The minimum Gasteiger partial charge on any atom is -0.496 e. The summed E-state index contributed by atoms with van der Waals surface area (Å²) in [6, 6.07) is 15.4. The van der Waals surface area contributed by atoms with Crippen LogP contribution in [0, 0.1) is 0 Å². The number of allylic oxidation sites excluding steroid dienone is 2. The molecule has 0 unspecified atom stereocenters. The van der Waals surface area contributed by atoms with Gasteiger partial charge >= 0.3 is 0 Å². The van der Waals surface area contributed by atoms with E-state index in [1.54, 1.807) is 14.2 Å². The Labute approximate surface area is 142 Å². The highest BCUT2D eigenvalue weighted by Gasteiger charge is 2.23. The number of ether oxygens (including phenoxy) is 2. The second-order valence-corrected chi connectivity index (χ2v) is 5.65. The summed E-state index contributed by atoms with van der Waals surface area (Å²) in [5, 5.41) is 0. The van der Waals surface area contributed by atoms with Gasteiger partial charge in [-0.1, -0.05) is 36.4 Å². The minimum absolute atomic E-state index is 0.104. The van der Waals surface area contributed by atoms with Crippen LogP contribution in [0.2, 0.25) is 0 Å². The van der Waals surface area contributed by atoms with Crippen LogP contribution >= 0.6 is 0 Å². The fourth-order valence-corrected chi connectivity index (χ4v) is 2.92. The molecule has 2 aromatic rings. The molecule has 0 radical (unpaired) electrons. The van der Waals surface area contributed by atoms with Gasteiger partial charge in [0.25, 0.3) is 0 Å². The van der Waals surface area contributed by atoms with Gasteiger partial charge in [-0.15, -0.1) is 0 Å². The van der Waals surface area contributed by atoms with Crippen molar-refractivity contribution in [2.75, 3.05) is 14.2 Å². The van der Waals surface area contributed by atoms with Crippen LogP contribution in [0.1, 0.15) is 24.0 Å². The summed E-state index contributed by atoms with van der Waals surface area (Å²) in [7, 11) is 3.28. The number of ketones is 1. The van der Waals surface area contributed by atoms with Crippen molar-refractivity contribution < 1.29 is 14.3 Å². The lowest BCUT2D eigenvalue weighted by Gasteiger charge is -2.05. The van der Waals surface area contributed by atoms with E-state index < -0.39 is 0 Å². The number of rotatable bonds is 4. The van der Waals surface area contributed by atoms with E-state index in [2.05, 4.69) is 0 Å². The van der Waals surface area contributed by atoms with Crippen LogP contribution in [-0.2, 0) is 4.79 Å². The molecule has 1 fully saturated rings. The molecule has 0 amide bonds. The van der Waals surface area contributed by atoms with E-state index in [1.807, 2.05) is 60.7 Å². The molecule has 3 nitrogen and oxygen atoms in total. The first-order valence-electron chi connectivity index (χ1n) is 7.95. The highest BCUT2D eigenvalue weighted by Crippen LogP contribution is 2.32. The Bertz CT molecular complexity index is 748. The van der Waals surface area contributed by atoms with Gasteiger partial charge in [0, 0.05) is 22.3 Å². The maximum Gasteiger partial charge on any atom is 0.185 e. The van der Waals surface area contributed by atoms with E-state index in [0.717, 1.165) is 46.6 Å². The van der Waals surface area contributed by atoms with Crippen molar-refractivity contribution in [1.82, 2.24) is 0 Å². The highest BCUT2D eigenvalue weighted by atomic mass is 16.5. The Morgan fingerprint density at radius 3 is 1.58 bits per heavy atom. The second-order valence-electron chi connectivity index (χ2n) is 5.65. The molecule has 1 saturated carbocycles. The summed E-state index contributed by atoms with van der Waals surface area (Å²) in [4.78, 5) is 12.7. The third kappa shape index (κ3) is 3.25. The van der Waals surface area contributed by atoms with Gasteiger partial charge in [0.05, 0.1) is 14.2 Å². The third-order valence-corrected chi connectivity index (χ3v) is 4.18. The smallest absolute Gasteiger partial charge is 0.185 e. The standard InChI is InChI=1S/C21H20O3/c1-23-19-9-5-3-7-15(19)13-17-11-12-18(21(17)22)14-16-8-4-6-10-20(16)24-2/h3-10,13-14H,11-12H2,1-2H3. The summed E-state index contributed by atoms with van der Waals surface area (Å²) in [6.45, 7) is 0. The largest absolute Gasteiger partial charge is 0.496 e. The Hall–Kier alpha value is -2.81. The third-order valence-electron chi connectivity index (χ3n) is 4.18. The van der Waals surface area contributed by atoms with Crippen LogP contribution in [0.25, 0.3) is 12.2 Å². The SMILES string of the molecule is COc1ccccc1C=C1CCC(=Cc2ccccc2OC)C1=O. The molecular weight excluding hydrogens is 300 g/mol. The Morgan fingerprint density at radius 2 is 1.17 bits per heavy atom. The monoisotopic (exact) mass is 320 g/mol. The molecule has 122 valence electrons. The van der Waals surface area contributed by atoms with Gasteiger partial charge in [0.1, 0.15) is 11.5 Å². The molecule has 0 N–H and O–H groups in total. The van der Waals surface area contributed by atoms with Gasteiger partial charge in [-0.25, -0.2) is 0 Å². The Morgan fingerprint density at radius 1 is 0.750 bits per heavy atom. The van der Waals surface area contributed by atoms with Gasteiger partial charge in [0.15, 0.2) is 5.78 Å². The first-order valence-corrected chi connectivity index (χ1v) is 7.95. The maximum atomic E-state index is 12.7. The normalized spacial score (nSPS) is 17.5. The first-order chi connectivity index (χ1) is 11.7. The number of carbonyl (C=O) groups is 1. The molecule has 0 saturated heterocycles. The minimum atomic E-state index is 0.104. The molecular formula is C21H20O3. The number of hydrogen-bond acceptors (Lipinski definition) is 3. The van der Waals surface area contributed by atoms with Gasteiger partial charge in [-0.3, -0.25) is 4.79 Å². The number of Topliss-reactive ketones (excluding diaryl/α,β-unsaturated/α-hetero) is 1. The van der Waals surface area contributed by atoms with E-state index in [9.17, 15) is 4.79 Å². The number of hydrogen-bond donors (Lipinski definition) is 0. The first kappa shape index (κ1) is 16.1. The van der Waals surface area contributed by atoms with Crippen LogP contribution in [0.3, 0.4) is 0 Å². The molecule has 0 heterocycles. The van der Waals surface area contributed by atoms with Crippen molar-refractivity contribution >= 4 is 17.9 Å². The van der Waals surface area contributed by atoms with E-state index in [0.29, 0.717) is 0 Å². The molecule has 0 bridgehead atoms. The molecule has 1 aliphatic carbocycles. The van der Waals surface area contributed by atoms with Crippen LogP contribution in [0.15, 0.2) is 59.7 Å². The molecule has 1 aliphatic rings. The zero-order chi connectivity index (χ0) is 16.9. The van der Waals surface area contributed by atoms with Gasteiger partial charge in [-0.2, -0.15) is 0 Å². The number of carbonyl (C=O) groups excluding carboxylic acids is 1. The Balaban J connectivity index is 1.90. The van der Waals surface area contributed by atoms with E-state index >= 15 is 0 Å². The number of benzene rings is 2. The van der Waals surface area contributed by atoms with Crippen LogP contribution < -0.4 is 9.47 Å². The molecule has 24 heavy (non-hydrogen) atoms. The topological polar surface area (TPSA) is 35.5 Å². The molecule has 0 aliphatic heterocycles. The molecule has 3 rings (SSSR count). The van der Waals surface area contributed by atoms with Crippen molar-refractivity contribution in [2.24, 2.45) is 0 Å². The van der Waals surface area contributed by atoms with E-state index in [4.69, 9.17) is 9.47 Å². The van der Waals surface area contributed by atoms with Crippen molar-refractivity contribution in [3.05, 3.63) is 70.8 Å². The predicted octanol–water partition coefficient (Wildman–Crippen LogP) is 4.53. The molecule has 0 aromatic heterocycles. The highest BCUT2D eigenvalue weighted by molar-refractivity contribution is 6.15. The fraction of sp³-hybridized carbons (Fsp3) is 0.190. The second kappa shape index (κ2) is 7.18. The van der Waals surface area contributed by atoms with Crippen molar-refractivity contribution in [1.29, 1.82) is 0 Å². The van der Waals surface area contributed by atoms with E-state index in [1.165, 1.54) is 0 Å². The predicted molar refractivity (Wildman–Crippen MR) is 96.2 cm³/mol. The molecule has 2 aromatic carbocycles. The van der Waals surface area contributed by atoms with Crippen LogP contribution in [-0.4, -0.2) is 20.0 Å². The zero-order valence-electron chi connectivity index (χ0n) is 13.9. The van der Waals surface area contributed by atoms with Crippen molar-refractivity contribution in [2.45, 2.75) is 12.8 Å².